The molecular weight excluding hydrogens is 364 g/mol. The Morgan fingerprint density at radius 1 is 0.962 bits per heavy atom. The zero-order valence-electron chi connectivity index (χ0n) is 13.8. The average Bonchev–Trinajstić information content (AvgIpc) is 3.01. The van der Waals surface area contributed by atoms with Crippen molar-refractivity contribution in [2.45, 2.75) is 6.42 Å². The second-order valence-electron chi connectivity index (χ2n) is 5.92. The van der Waals surface area contributed by atoms with E-state index in [9.17, 15) is 4.79 Å². The Morgan fingerprint density at radius 2 is 1.65 bits per heavy atom. The number of aromatic nitrogens is 1. The lowest BCUT2D eigenvalue weighted by molar-refractivity contribution is 0.103. The van der Waals surface area contributed by atoms with Gasteiger partial charge in [-0.25, -0.2) is 0 Å². The number of amides is 1. The van der Waals surface area contributed by atoms with Crippen LogP contribution in [-0.4, -0.2) is 10.9 Å². The van der Waals surface area contributed by atoms with Crippen LogP contribution in [0.2, 0.25) is 5.02 Å². The lowest BCUT2D eigenvalue weighted by Crippen LogP contribution is -2.10. The van der Waals surface area contributed by atoms with Crippen LogP contribution in [0.25, 0.3) is 10.1 Å². The van der Waals surface area contributed by atoms with Crippen LogP contribution < -0.4 is 5.32 Å². The predicted octanol–water partition coefficient (Wildman–Crippen LogP) is 5.79. The van der Waals surface area contributed by atoms with Gasteiger partial charge in [-0.05, 0) is 47.9 Å². The standard InChI is InChI=1S/C21H15ClN2OS/c22-19-17-3-1-2-4-18(17)26-20(19)21(25)24-16-7-5-14(6-8-16)13-15-9-11-23-12-10-15/h1-12H,13H2,(H,24,25). The Kier molecular flexibility index (Phi) is 4.69. The summed E-state index contributed by atoms with van der Waals surface area (Å²) < 4.78 is 1.01. The summed E-state index contributed by atoms with van der Waals surface area (Å²) in [6.45, 7) is 0. The first-order valence-corrected chi connectivity index (χ1v) is 9.36. The van der Waals surface area contributed by atoms with Crippen molar-refractivity contribution in [2.24, 2.45) is 0 Å². The Morgan fingerprint density at radius 3 is 2.38 bits per heavy atom. The zero-order valence-corrected chi connectivity index (χ0v) is 15.3. The quantitative estimate of drug-likeness (QED) is 0.488. The number of fused-ring (bicyclic) bond motifs is 1. The molecule has 4 aromatic rings. The van der Waals surface area contributed by atoms with Gasteiger partial charge in [-0.15, -0.1) is 11.3 Å². The number of nitrogens with zero attached hydrogens (tertiary/aromatic N) is 1. The summed E-state index contributed by atoms with van der Waals surface area (Å²) in [5.74, 6) is -0.182. The number of pyridine rings is 1. The van der Waals surface area contributed by atoms with E-state index in [0.29, 0.717) is 9.90 Å². The molecule has 0 saturated carbocycles. The van der Waals surface area contributed by atoms with E-state index >= 15 is 0 Å². The molecule has 3 nitrogen and oxygen atoms in total. The van der Waals surface area contributed by atoms with Crippen molar-refractivity contribution in [3.63, 3.8) is 0 Å². The first kappa shape index (κ1) is 16.8. The first-order chi connectivity index (χ1) is 12.7. The number of nitrogens with one attached hydrogen (secondary N) is 1. The highest BCUT2D eigenvalue weighted by Crippen LogP contribution is 2.35. The van der Waals surface area contributed by atoms with Crippen molar-refractivity contribution in [2.75, 3.05) is 5.32 Å². The summed E-state index contributed by atoms with van der Waals surface area (Å²) in [5, 5.41) is 4.35. The van der Waals surface area contributed by atoms with Crippen LogP contribution in [0.15, 0.2) is 73.1 Å². The molecule has 0 atom stereocenters. The van der Waals surface area contributed by atoms with E-state index in [4.69, 9.17) is 11.6 Å². The summed E-state index contributed by atoms with van der Waals surface area (Å²) >= 11 is 7.78. The minimum Gasteiger partial charge on any atom is -0.321 e. The summed E-state index contributed by atoms with van der Waals surface area (Å²) in [6.07, 6.45) is 4.41. The third-order valence-electron chi connectivity index (χ3n) is 4.11. The van der Waals surface area contributed by atoms with Crippen LogP contribution in [-0.2, 0) is 6.42 Å². The third kappa shape index (κ3) is 3.47. The summed E-state index contributed by atoms with van der Waals surface area (Å²) in [4.78, 5) is 17.2. The molecule has 1 amide bonds. The molecule has 5 heteroatoms. The highest BCUT2D eigenvalue weighted by atomic mass is 35.5. The highest BCUT2D eigenvalue weighted by molar-refractivity contribution is 7.21. The van der Waals surface area contributed by atoms with Crippen LogP contribution in [0.1, 0.15) is 20.8 Å². The summed E-state index contributed by atoms with van der Waals surface area (Å²) in [5.41, 5.74) is 3.13. The van der Waals surface area contributed by atoms with Gasteiger partial charge in [-0.1, -0.05) is 41.9 Å². The van der Waals surface area contributed by atoms with Crippen LogP contribution in [0.5, 0.6) is 0 Å². The van der Waals surface area contributed by atoms with Crippen LogP contribution in [0.4, 0.5) is 5.69 Å². The zero-order chi connectivity index (χ0) is 17.9. The normalized spacial score (nSPS) is 10.8. The SMILES string of the molecule is O=C(Nc1ccc(Cc2ccncc2)cc1)c1sc2ccccc2c1Cl. The van der Waals surface area contributed by atoms with Crippen LogP contribution in [0, 0.1) is 0 Å². The lowest BCUT2D eigenvalue weighted by atomic mass is 10.1. The number of thiophene rings is 1. The van der Waals surface area contributed by atoms with Gasteiger partial charge in [0.1, 0.15) is 4.88 Å². The molecule has 0 aliphatic heterocycles. The maximum atomic E-state index is 12.6. The maximum absolute atomic E-state index is 12.6. The van der Waals surface area contributed by atoms with Crippen molar-refractivity contribution in [3.05, 3.63) is 94.1 Å². The smallest absolute Gasteiger partial charge is 0.267 e. The molecule has 0 spiro atoms. The molecule has 0 unspecified atom stereocenters. The van der Waals surface area contributed by atoms with Gasteiger partial charge in [0.2, 0.25) is 0 Å². The van der Waals surface area contributed by atoms with Crippen molar-refractivity contribution in [1.82, 2.24) is 4.98 Å². The number of rotatable bonds is 4. The molecule has 0 aliphatic rings. The van der Waals surface area contributed by atoms with Crippen molar-refractivity contribution >= 4 is 44.6 Å². The van der Waals surface area contributed by atoms with Gasteiger partial charge in [0.15, 0.2) is 0 Å². The first-order valence-electron chi connectivity index (χ1n) is 8.17. The minimum absolute atomic E-state index is 0.182. The largest absolute Gasteiger partial charge is 0.321 e. The molecule has 2 heterocycles. The summed E-state index contributed by atoms with van der Waals surface area (Å²) in [7, 11) is 0. The Bertz CT molecular complexity index is 1060. The van der Waals surface area contributed by atoms with Gasteiger partial charge in [0.05, 0.1) is 5.02 Å². The molecule has 4 rings (SSSR count). The van der Waals surface area contributed by atoms with Gasteiger partial charge in [0, 0.05) is 28.2 Å². The van der Waals surface area contributed by atoms with Crippen molar-refractivity contribution in [3.8, 4) is 0 Å². The number of hydrogen-bond donors (Lipinski definition) is 1. The predicted molar refractivity (Wildman–Crippen MR) is 108 cm³/mol. The van der Waals surface area contributed by atoms with E-state index in [1.807, 2.05) is 60.7 Å². The number of anilines is 1. The minimum atomic E-state index is -0.182. The van der Waals surface area contributed by atoms with E-state index in [1.54, 1.807) is 12.4 Å². The fourth-order valence-electron chi connectivity index (χ4n) is 2.79. The van der Waals surface area contributed by atoms with E-state index in [-0.39, 0.29) is 5.91 Å². The molecule has 1 N–H and O–H groups in total. The average molecular weight is 379 g/mol. The van der Waals surface area contributed by atoms with Gasteiger partial charge in [-0.2, -0.15) is 0 Å². The van der Waals surface area contributed by atoms with Crippen molar-refractivity contribution < 1.29 is 4.79 Å². The van der Waals surface area contributed by atoms with Gasteiger partial charge in [-0.3, -0.25) is 9.78 Å². The fraction of sp³-hybridized carbons (Fsp3) is 0.0476. The Hall–Kier alpha value is -2.69. The molecule has 0 fully saturated rings. The van der Waals surface area contributed by atoms with E-state index in [2.05, 4.69) is 10.3 Å². The Labute approximate surface area is 160 Å². The third-order valence-corrected chi connectivity index (χ3v) is 5.78. The monoisotopic (exact) mass is 378 g/mol. The van der Waals surface area contributed by atoms with Gasteiger partial charge >= 0.3 is 0 Å². The second kappa shape index (κ2) is 7.28. The van der Waals surface area contributed by atoms with Gasteiger partial charge in [0.25, 0.3) is 5.91 Å². The molecule has 2 aromatic carbocycles. The molecule has 0 aliphatic carbocycles. The van der Waals surface area contributed by atoms with E-state index in [0.717, 1.165) is 22.2 Å². The number of carbonyl (C=O) groups excluding carboxylic acids is 1. The van der Waals surface area contributed by atoms with E-state index < -0.39 is 0 Å². The number of carbonyl (C=O) groups is 1. The van der Waals surface area contributed by atoms with Crippen LogP contribution in [0.3, 0.4) is 0 Å². The van der Waals surface area contributed by atoms with Gasteiger partial charge < -0.3 is 5.32 Å². The Balaban J connectivity index is 1.49. The molecule has 0 saturated heterocycles. The van der Waals surface area contributed by atoms with Crippen LogP contribution >= 0.6 is 22.9 Å². The number of benzene rings is 2. The summed E-state index contributed by atoms with van der Waals surface area (Å²) in [6, 6.07) is 19.6. The fourth-order valence-corrected chi connectivity index (χ4v) is 4.20. The van der Waals surface area contributed by atoms with E-state index in [1.165, 1.54) is 22.5 Å². The molecular formula is C21H15ClN2OS. The number of hydrogen-bond acceptors (Lipinski definition) is 3. The maximum Gasteiger partial charge on any atom is 0.267 e. The lowest BCUT2D eigenvalue weighted by Gasteiger charge is -2.06. The molecule has 128 valence electrons. The molecule has 0 bridgehead atoms. The second-order valence-corrected chi connectivity index (χ2v) is 7.35. The molecule has 2 aromatic heterocycles. The molecule has 0 radical (unpaired) electrons. The molecule has 26 heavy (non-hydrogen) atoms. The van der Waals surface area contributed by atoms with Crippen molar-refractivity contribution in [1.29, 1.82) is 0 Å². The topological polar surface area (TPSA) is 42.0 Å². The number of halogens is 1. The highest BCUT2D eigenvalue weighted by Gasteiger charge is 2.16.